The van der Waals surface area contributed by atoms with Crippen molar-refractivity contribution < 1.29 is 0 Å². The second-order valence-electron chi connectivity index (χ2n) is 15.4. The van der Waals surface area contributed by atoms with Crippen LogP contribution < -0.4 is 0 Å². The molecule has 0 saturated carbocycles. The molecule has 2 nitrogen and oxygen atoms in total. The molecule has 0 aliphatic carbocycles. The van der Waals surface area contributed by atoms with Crippen LogP contribution in [-0.2, 0) is 0 Å². The first-order valence-electron chi connectivity index (χ1n) is 21.8. The van der Waals surface area contributed by atoms with Gasteiger partial charge in [-0.3, -0.25) is 0 Å². The molecule has 0 aliphatic rings. The highest BCUT2D eigenvalue weighted by atomic mass is 15.0. The van der Waals surface area contributed by atoms with Crippen LogP contribution in [0.3, 0.4) is 0 Å². The van der Waals surface area contributed by atoms with Gasteiger partial charge in [0, 0.05) is 27.1 Å². The van der Waals surface area contributed by atoms with Crippen LogP contribution in [0.25, 0.3) is 88.4 Å². The van der Waals surface area contributed by atoms with Crippen LogP contribution in [0.5, 0.6) is 0 Å². The average molecular weight is 825 g/mol. The molecule has 0 N–H and O–H groups in total. The van der Waals surface area contributed by atoms with E-state index < -0.39 is 0 Å². The maximum atomic E-state index is 4.53. The zero-order chi connectivity index (χ0) is 44.7. The first-order valence-corrected chi connectivity index (χ1v) is 21.8. The van der Waals surface area contributed by atoms with Crippen LogP contribution in [-0.4, -0.2) is 9.13 Å². The third-order valence-corrected chi connectivity index (χ3v) is 11.7. The number of hydrogen-bond acceptors (Lipinski definition) is 0. The Balaban J connectivity index is 0.00000276. The Morgan fingerprint density at radius 3 is 1.59 bits per heavy atom. The predicted molar refractivity (Wildman–Crippen MR) is 281 cm³/mol. The number of para-hydroxylation sites is 3. The number of rotatable bonds is 13. The molecule has 0 aliphatic heterocycles. The van der Waals surface area contributed by atoms with E-state index in [1.54, 1.807) is 12.2 Å². The van der Waals surface area contributed by atoms with Gasteiger partial charge in [-0.1, -0.05) is 211 Å². The molecular weight excluding hydrogens is 773 g/mol. The van der Waals surface area contributed by atoms with Crippen LogP contribution in [0.1, 0.15) is 13.8 Å². The van der Waals surface area contributed by atoms with Gasteiger partial charge < -0.3 is 9.13 Å². The number of aromatic nitrogens is 2. The molecule has 0 unspecified atom stereocenters. The van der Waals surface area contributed by atoms with E-state index in [0.717, 1.165) is 72.1 Å². The van der Waals surface area contributed by atoms with Gasteiger partial charge in [0.2, 0.25) is 0 Å². The van der Waals surface area contributed by atoms with Crippen LogP contribution in [0.15, 0.2) is 268 Å². The van der Waals surface area contributed by atoms with E-state index in [4.69, 9.17) is 0 Å². The highest BCUT2D eigenvalue weighted by molar-refractivity contribution is 6.14. The SMILES string of the molecule is C=C/C=C\C(=C)C(=C)/C=C\C(=C)C(=C)/C(=C\C=C)n1c2ccccc2c2cc(-c3ccc4c(c3)c3ccccc3n4-c3ccccc3-c3ccc(-c4ccccc4)cc3)ccc21.CC. The molecule has 0 atom stereocenters. The predicted octanol–water partition coefficient (Wildman–Crippen LogP) is 17.5. The van der Waals surface area contributed by atoms with Gasteiger partial charge in [-0.2, -0.15) is 0 Å². The number of fused-ring (bicyclic) bond motifs is 6. The number of allylic oxidation sites excluding steroid dienone is 12. The molecule has 0 saturated heterocycles. The van der Waals surface area contributed by atoms with E-state index >= 15 is 0 Å². The van der Waals surface area contributed by atoms with Crippen molar-refractivity contribution in [1.82, 2.24) is 9.13 Å². The van der Waals surface area contributed by atoms with Gasteiger partial charge in [0.05, 0.1) is 33.5 Å². The summed E-state index contributed by atoms with van der Waals surface area (Å²) in [4.78, 5) is 0. The fourth-order valence-electron chi connectivity index (χ4n) is 8.50. The number of benzene rings is 7. The summed E-state index contributed by atoms with van der Waals surface area (Å²) in [7, 11) is 0. The second kappa shape index (κ2) is 18.8. The van der Waals surface area contributed by atoms with Gasteiger partial charge in [-0.15, -0.1) is 0 Å². The van der Waals surface area contributed by atoms with Crippen molar-refractivity contribution in [3.05, 3.63) is 268 Å². The van der Waals surface area contributed by atoms with E-state index in [0.29, 0.717) is 0 Å². The molecule has 0 amide bonds. The zero-order valence-electron chi connectivity index (χ0n) is 36.8. The summed E-state index contributed by atoms with van der Waals surface area (Å²) in [5, 5.41) is 4.72. The fraction of sp³-hybridized carbons (Fsp3) is 0.0323. The van der Waals surface area contributed by atoms with Crippen molar-refractivity contribution in [2.45, 2.75) is 13.8 Å². The summed E-state index contributed by atoms with van der Waals surface area (Å²) >= 11 is 0. The molecule has 0 radical (unpaired) electrons. The van der Waals surface area contributed by atoms with Crippen molar-refractivity contribution >= 4 is 49.3 Å². The van der Waals surface area contributed by atoms with Crippen molar-refractivity contribution in [1.29, 1.82) is 0 Å². The highest BCUT2D eigenvalue weighted by Crippen LogP contribution is 2.41. The first kappa shape index (κ1) is 42.5. The summed E-state index contributed by atoms with van der Waals surface area (Å²) in [6, 6.07) is 59.1. The molecular formula is C62H52N2. The normalized spacial score (nSPS) is 11.6. The standard InChI is InChI=1S/C60H46N2.C2H6/c1-7-9-20-41(3)42(4)29-30-43(5)44(6)55(19-8-2)61-57-27-17-14-24-51(57)53-39-48(35-37-59(53)61)49-36-38-60-54(40-49)52-25-15-18-28-58(52)62(60)56-26-16-13-23-50(56)47-33-31-46(32-34-47)45-21-11-10-12-22-45;1-2/h7-40H,1-6H2;1-2H3/b20-9-,30-29-,55-19+;. The topological polar surface area (TPSA) is 9.86 Å². The Morgan fingerprint density at radius 1 is 0.422 bits per heavy atom. The Morgan fingerprint density at radius 2 is 0.906 bits per heavy atom. The lowest BCUT2D eigenvalue weighted by Gasteiger charge is -2.16. The Kier molecular flexibility index (Phi) is 12.5. The lowest BCUT2D eigenvalue weighted by atomic mass is 9.99. The van der Waals surface area contributed by atoms with Crippen LogP contribution in [0.2, 0.25) is 0 Å². The third-order valence-electron chi connectivity index (χ3n) is 11.7. The number of hydrogen-bond donors (Lipinski definition) is 0. The van der Waals surface area contributed by atoms with E-state index in [1.807, 2.05) is 44.2 Å². The van der Waals surface area contributed by atoms with Crippen molar-refractivity contribution in [2.75, 3.05) is 0 Å². The van der Waals surface area contributed by atoms with E-state index in [-0.39, 0.29) is 0 Å². The Bertz CT molecular complexity index is 3370. The second-order valence-corrected chi connectivity index (χ2v) is 15.4. The van der Waals surface area contributed by atoms with Crippen LogP contribution in [0.4, 0.5) is 0 Å². The molecule has 0 bridgehead atoms. The van der Waals surface area contributed by atoms with Gasteiger partial charge in [0.15, 0.2) is 0 Å². The molecule has 64 heavy (non-hydrogen) atoms. The summed E-state index contributed by atoms with van der Waals surface area (Å²) in [6.07, 6.45) is 13.1. The van der Waals surface area contributed by atoms with Crippen molar-refractivity contribution in [2.24, 2.45) is 0 Å². The highest BCUT2D eigenvalue weighted by Gasteiger charge is 2.19. The quantitative estimate of drug-likeness (QED) is 0.103. The Hall–Kier alpha value is -8.20. The lowest BCUT2D eigenvalue weighted by Crippen LogP contribution is -2.01. The van der Waals surface area contributed by atoms with Crippen LogP contribution in [0, 0.1) is 0 Å². The maximum Gasteiger partial charge on any atom is 0.0541 e. The third kappa shape index (κ3) is 8.01. The number of nitrogens with zero attached hydrogens (tertiary/aromatic N) is 2. The van der Waals surface area contributed by atoms with Gasteiger partial charge in [-0.05, 0) is 98.7 Å². The summed E-state index contributed by atoms with van der Waals surface area (Å²) < 4.78 is 4.68. The van der Waals surface area contributed by atoms with Gasteiger partial charge in [0.25, 0.3) is 0 Å². The summed E-state index contributed by atoms with van der Waals surface area (Å²) in [6.45, 7) is 29.0. The molecule has 9 rings (SSSR count). The van der Waals surface area contributed by atoms with Gasteiger partial charge >= 0.3 is 0 Å². The molecule has 9 aromatic rings. The molecule has 2 heterocycles. The Labute approximate surface area is 377 Å². The molecule has 7 aromatic carbocycles. The monoisotopic (exact) mass is 824 g/mol. The maximum absolute atomic E-state index is 4.53. The fourth-order valence-corrected chi connectivity index (χ4v) is 8.50. The van der Waals surface area contributed by atoms with Gasteiger partial charge in [0.1, 0.15) is 0 Å². The zero-order valence-corrected chi connectivity index (χ0v) is 36.8. The molecule has 310 valence electrons. The van der Waals surface area contributed by atoms with Crippen LogP contribution >= 0.6 is 0 Å². The largest absolute Gasteiger partial charge is 0.309 e. The molecule has 2 aromatic heterocycles. The van der Waals surface area contributed by atoms with Crippen molar-refractivity contribution in [3.8, 4) is 39.1 Å². The smallest absolute Gasteiger partial charge is 0.0541 e. The van der Waals surface area contributed by atoms with E-state index in [1.165, 1.54) is 38.5 Å². The van der Waals surface area contributed by atoms with Crippen molar-refractivity contribution in [3.63, 3.8) is 0 Å². The minimum absolute atomic E-state index is 0.762. The minimum atomic E-state index is 0.762. The minimum Gasteiger partial charge on any atom is -0.309 e. The summed E-state index contributed by atoms with van der Waals surface area (Å²) in [5.41, 5.74) is 16.7. The lowest BCUT2D eigenvalue weighted by molar-refractivity contribution is 1.18. The molecule has 0 fully saturated rings. The molecule has 2 heteroatoms. The van der Waals surface area contributed by atoms with Gasteiger partial charge in [-0.25, -0.2) is 0 Å². The van der Waals surface area contributed by atoms with E-state index in [9.17, 15) is 0 Å². The first-order chi connectivity index (χ1) is 31.4. The molecule has 0 spiro atoms. The summed E-state index contributed by atoms with van der Waals surface area (Å²) in [5.74, 6) is 0. The van der Waals surface area contributed by atoms with E-state index in [2.05, 4.69) is 212 Å². The average Bonchev–Trinajstić information content (AvgIpc) is 3.86.